The normalized spacial score (nSPS) is 12.4. The summed E-state index contributed by atoms with van der Waals surface area (Å²) in [5.74, 6) is -1.00. The van der Waals surface area contributed by atoms with Gasteiger partial charge in [0, 0.05) is 38.6 Å². The lowest BCUT2D eigenvalue weighted by Crippen LogP contribution is -2.35. The number of nitrogens with zero attached hydrogens (tertiary/aromatic N) is 2. The van der Waals surface area contributed by atoms with Crippen molar-refractivity contribution in [2.24, 2.45) is 0 Å². The van der Waals surface area contributed by atoms with E-state index in [1.165, 1.54) is 17.9 Å². The van der Waals surface area contributed by atoms with E-state index in [1.54, 1.807) is 6.20 Å². The number of hydrogen-bond donors (Lipinski definition) is 2. The molecule has 0 spiro atoms. The molecule has 0 saturated heterocycles. The molecule has 0 amide bonds. The number of carboxylic acid groups (broad SMARTS) is 1. The fourth-order valence-electron chi connectivity index (χ4n) is 1.59. The smallest absolute Gasteiger partial charge is 0.326 e. The fraction of sp³-hybridized carbons (Fsp3) is 0.583. The predicted molar refractivity (Wildman–Crippen MR) is 70.4 cm³/mol. The molecule has 0 bridgehead atoms. The zero-order valence-corrected chi connectivity index (χ0v) is 11.3. The zero-order chi connectivity index (χ0) is 14.4. The first-order valence-corrected chi connectivity index (χ1v) is 6.02. The number of carbonyl (C=O) groups is 1. The quantitative estimate of drug-likeness (QED) is 0.757. The highest BCUT2D eigenvalue weighted by Crippen LogP contribution is 2.05. The summed E-state index contributed by atoms with van der Waals surface area (Å²) in [6, 6.07) is -0.915. The number of aromatic nitrogens is 2. The van der Waals surface area contributed by atoms with Crippen LogP contribution in [-0.4, -0.2) is 40.4 Å². The zero-order valence-electron chi connectivity index (χ0n) is 11.3. The number of methoxy groups -OCH3 is 1. The molecule has 1 atom stereocenters. The van der Waals surface area contributed by atoms with Gasteiger partial charge >= 0.3 is 5.97 Å². The molecule has 2 N–H and O–H groups in total. The first-order valence-electron chi connectivity index (χ1n) is 6.02. The highest BCUT2D eigenvalue weighted by atomic mass is 16.5. The number of anilines is 1. The lowest BCUT2D eigenvalue weighted by atomic mass is 10.2. The van der Waals surface area contributed by atoms with Gasteiger partial charge in [0.25, 0.3) is 5.56 Å². The van der Waals surface area contributed by atoms with Crippen molar-refractivity contribution >= 4 is 11.8 Å². The molecule has 1 heterocycles. The molecule has 0 saturated carbocycles. The minimum Gasteiger partial charge on any atom is -0.480 e. The second-order valence-corrected chi connectivity index (χ2v) is 4.40. The van der Waals surface area contributed by atoms with Crippen LogP contribution in [0.25, 0.3) is 0 Å². The van der Waals surface area contributed by atoms with Gasteiger partial charge in [0.2, 0.25) is 0 Å². The first kappa shape index (κ1) is 15.2. The van der Waals surface area contributed by atoms with E-state index in [9.17, 15) is 9.59 Å². The van der Waals surface area contributed by atoms with Gasteiger partial charge in [-0.3, -0.25) is 4.79 Å². The van der Waals surface area contributed by atoms with Crippen molar-refractivity contribution in [2.45, 2.75) is 32.4 Å². The van der Waals surface area contributed by atoms with Crippen LogP contribution in [0.2, 0.25) is 0 Å². The molecule has 0 fully saturated rings. The van der Waals surface area contributed by atoms with Gasteiger partial charge in [-0.25, -0.2) is 9.78 Å². The molecule has 0 aliphatic rings. The highest BCUT2D eigenvalue weighted by Gasteiger charge is 2.19. The van der Waals surface area contributed by atoms with Crippen LogP contribution in [0.5, 0.6) is 0 Å². The second kappa shape index (κ2) is 6.89. The fourth-order valence-corrected chi connectivity index (χ4v) is 1.59. The summed E-state index contributed by atoms with van der Waals surface area (Å²) in [5, 5.41) is 11.7. The third-order valence-electron chi connectivity index (χ3n) is 2.64. The lowest BCUT2D eigenvalue weighted by Gasteiger charge is -2.16. The molecule has 0 aliphatic heterocycles. The monoisotopic (exact) mass is 269 g/mol. The molecule has 1 rings (SSSR count). The van der Waals surface area contributed by atoms with Crippen LogP contribution in [0, 0.1) is 0 Å². The number of carboxylic acids is 1. The minimum atomic E-state index is -1.04. The van der Waals surface area contributed by atoms with E-state index in [1.807, 2.05) is 13.8 Å². The SMILES string of the molecule is COCCC(Nc1nccn(C(C)C)c1=O)C(=O)O. The average Bonchev–Trinajstić information content (AvgIpc) is 2.35. The number of ether oxygens (including phenoxy) is 1. The summed E-state index contributed by atoms with van der Waals surface area (Å²) in [4.78, 5) is 27.0. The highest BCUT2D eigenvalue weighted by molar-refractivity contribution is 5.76. The molecule has 19 heavy (non-hydrogen) atoms. The van der Waals surface area contributed by atoms with Gasteiger partial charge in [-0.1, -0.05) is 0 Å². The summed E-state index contributed by atoms with van der Waals surface area (Å²) >= 11 is 0. The minimum absolute atomic E-state index is 0.0155. The van der Waals surface area contributed by atoms with E-state index in [4.69, 9.17) is 9.84 Å². The van der Waals surface area contributed by atoms with Crippen LogP contribution in [0.1, 0.15) is 26.3 Å². The molecule has 0 radical (unpaired) electrons. The van der Waals surface area contributed by atoms with Crippen LogP contribution >= 0.6 is 0 Å². The van der Waals surface area contributed by atoms with Crippen LogP contribution in [0.15, 0.2) is 17.2 Å². The molecule has 0 aliphatic carbocycles. The largest absolute Gasteiger partial charge is 0.480 e. The van der Waals surface area contributed by atoms with Gasteiger partial charge in [0.1, 0.15) is 6.04 Å². The number of aliphatic carboxylic acids is 1. The van der Waals surface area contributed by atoms with Crippen molar-refractivity contribution in [2.75, 3.05) is 19.0 Å². The molecular weight excluding hydrogens is 250 g/mol. The summed E-state index contributed by atoms with van der Waals surface area (Å²) < 4.78 is 6.34. The Hall–Kier alpha value is -1.89. The van der Waals surface area contributed by atoms with E-state index >= 15 is 0 Å². The Labute approximate surface area is 111 Å². The van der Waals surface area contributed by atoms with Crippen LogP contribution in [0.4, 0.5) is 5.82 Å². The van der Waals surface area contributed by atoms with Crippen molar-refractivity contribution in [1.82, 2.24) is 9.55 Å². The van der Waals surface area contributed by atoms with Crippen LogP contribution in [-0.2, 0) is 9.53 Å². The van der Waals surface area contributed by atoms with Crippen molar-refractivity contribution in [3.63, 3.8) is 0 Å². The summed E-state index contributed by atoms with van der Waals surface area (Å²) in [6.45, 7) is 4.02. The molecular formula is C12H19N3O4. The first-order chi connectivity index (χ1) is 8.97. The van der Waals surface area contributed by atoms with E-state index in [-0.39, 0.29) is 30.4 Å². The third-order valence-corrected chi connectivity index (χ3v) is 2.64. The molecule has 7 nitrogen and oxygen atoms in total. The van der Waals surface area contributed by atoms with E-state index in [0.29, 0.717) is 0 Å². The van der Waals surface area contributed by atoms with Gasteiger partial charge in [0.15, 0.2) is 5.82 Å². The topological polar surface area (TPSA) is 93.5 Å². The van der Waals surface area contributed by atoms with Crippen molar-refractivity contribution in [1.29, 1.82) is 0 Å². The van der Waals surface area contributed by atoms with Crippen LogP contribution < -0.4 is 10.9 Å². The summed E-state index contributed by atoms with van der Waals surface area (Å²) in [7, 11) is 1.49. The number of hydrogen-bond acceptors (Lipinski definition) is 5. The molecule has 1 unspecified atom stereocenters. The van der Waals surface area contributed by atoms with Crippen molar-refractivity contribution in [3.05, 3.63) is 22.7 Å². The maximum atomic E-state index is 12.1. The number of nitrogens with one attached hydrogen (secondary N) is 1. The molecule has 7 heteroatoms. The Bertz CT molecular complexity index is 484. The van der Waals surface area contributed by atoms with E-state index in [0.717, 1.165) is 0 Å². The molecule has 106 valence electrons. The standard InChI is InChI=1S/C12H19N3O4/c1-8(2)15-6-5-13-10(11(15)16)14-9(12(17)18)4-7-19-3/h5-6,8-9H,4,7H2,1-3H3,(H,13,14)(H,17,18). The van der Waals surface area contributed by atoms with Gasteiger partial charge in [0.05, 0.1) is 0 Å². The van der Waals surface area contributed by atoms with Crippen molar-refractivity contribution < 1.29 is 14.6 Å². The third kappa shape index (κ3) is 4.06. The second-order valence-electron chi connectivity index (χ2n) is 4.40. The van der Waals surface area contributed by atoms with Crippen LogP contribution in [0.3, 0.4) is 0 Å². The lowest BCUT2D eigenvalue weighted by molar-refractivity contribution is -0.138. The average molecular weight is 269 g/mol. The van der Waals surface area contributed by atoms with Crippen molar-refractivity contribution in [3.8, 4) is 0 Å². The van der Waals surface area contributed by atoms with Gasteiger partial charge < -0.3 is 19.7 Å². The van der Waals surface area contributed by atoms with E-state index in [2.05, 4.69) is 10.3 Å². The summed E-state index contributed by atoms with van der Waals surface area (Å²) in [6.07, 6.45) is 3.30. The van der Waals surface area contributed by atoms with Gasteiger partial charge in [-0.15, -0.1) is 0 Å². The molecule has 1 aromatic rings. The Morgan fingerprint density at radius 2 is 2.26 bits per heavy atom. The van der Waals surface area contributed by atoms with E-state index < -0.39 is 12.0 Å². The Balaban J connectivity index is 2.94. The Morgan fingerprint density at radius 1 is 1.58 bits per heavy atom. The molecule has 0 aromatic carbocycles. The number of rotatable bonds is 7. The maximum absolute atomic E-state index is 12.1. The maximum Gasteiger partial charge on any atom is 0.326 e. The predicted octanol–water partition coefficient (Wildman–Crippen LogP) is 0.726. The van der Waals surface area contributed by atoms with Gasteiger partial charge in [-0.2, -0.15) is 0 Å². The van der Waals surface area contributed by atoms with Gasteiger partial charge in [-0.05, 0) is 13.8 Å². The Morgan fingerprint density at radius 3 is 2.79 bits per heavy atom. The Kier molecular flexibility index (Phi) is 5.50. The molecule has 1 aromatic heterocycles. The summed E-state index contributed by atoms with van der Waals surface area (Å²) in [5.41, 5.74) is -0.332.